The number of anilines is 1. The molecule has 0 bridgehead atoms. The number of hydrogen-bond acceptors (Lipinski definition) is 3. The number of carboxylic acids is 1. The van der Waals surface area contributed by atoms with E-state index >= 15 is 0 Å². The quantitative estimate of drug-likeness (QED) is 0.707. The smallest absolute Gasteiger partial charge is 0.300 e. The van der Waals surface area contributed by atoms with Gasteiger partial charge >= 0.3 is 0 Å². The van der Waals surface area contributed by atoms with E-state index in [1.165, 1.54) is 0 Å². The lowest BCUT2D eigenvalue weighted by Crippen LogP contribution is -1.94. The zero-order valence-electron chi connectivity index (χ0n) is 12.7. The van der Waals surface area contributed by atoms with Crippen molar-refractivity contribution in [1.29, 1.82) is 0 Å². The summed E-state index contributed by atoms with van der Waals surface area (Å²) < 4.78 is 1.87. The van der Waals surface area contributed by atoms with E-state index in [0.717, 1.165) is 29.6 Å². The third-order valence-corrected chi connectivity index (χ3v) is 2.82. The second-order valence-electron chi connectivity index (χ2n) is 4.62. The van der Waals surface area contributed by atoms with Crippen molar-refractivity contribution in [3.63, 3.8) is 0 Å². The molecule has 6 nitrogen and oxygen atoms in total. The van der Waals surface area contributed by atoms with Gasteiger partial charge in [0.2, 0.25) is 0 Å². The van der Waals surface area contributed by atoms with Gasteiger partial charge < -0.3 is 16.3 Å². The molecule has 0 amide bonds. The third kappa shape index (κ3) is 5.29. The predicted octanol–water partition coefficient (Wildman–Crippen LogP) is 2.39. The van der Waals surface area contributed by atoms with Gasteiger partial charge in [-0.3, -0.25) is 4.79 Å². The van der Waals surface area contributed by atoms with Gasteiger partial charge in [-0.1, -0.05) is 30.3 Å². The van der Waals surface area contributed by atoms with Crippen molar-refractivity contribution in [2.45, 2.75) is 6.92 Å². The summed E-state index contributed by atoms with van der Waals surface area (Å²) in [6, 6.07) is 19.8. The van der Waals surface area contributed by atoms with Crippen molar-refractivity contribution in [3.8, 4) is 16.9 Å². The van der Waals surface area contributed by atoms with Crippen LogP contribution in [0.3, 0.4) is 0 Å². The Balaban J connectivity index is 0.000000478. The van der Waals surface area contributed by atoms with Crippen molar-refractivity contribution in [2.24, 2.45) is 0 Å². The number of nitrogens with two attached hydrogens (primary N) is 1. The molecule has 3 rings (SSSR count). The average molecular weight is 313 g/mol. The average Bonchev–Trinajstić information content (AvgIpc) is 2.98. The van der Waals surface area contributed by atoms with Crippen LogP contribution in [0.15, 0.2) is 66.9 Å². The molecule has 6 heteroatoms. The summed E-state index contributed by atoms with van der Waals surface area (Å²) in [7, 11) is 0. The molecule has 0 aliphatic carbocycles. The molecule has 0 radical (unpaired) electrons. The standard InChI is InChI=1S/C15H13N3.C2H4O2.H2O/c16-13-8-6-12(7-9-13)15-10-11-18(17-15)14-4-2-1-3-5-14;1-2(3)4;/h1-11H,16H2;1H3,(H,3,4);1H2. The first-order valence-electron chi connectivity index (χ1n) is 6.73. The largest absolute Gasteiger partial charge is 0.481 e. The van der Waals surface area contributed by atoms with Gasteiger partial charge in [-0.25, -0.2) is 4.68 Å². The Labute approximate surface area is 134 Å². The Morgan fingerprint density at radius 3 is 2.17 bits per heavy atom. The minimum absolute atomic E-state index is 0. The van der Waals surface area contributed by atoms with Gasteiger partial charge in [0.25, 0.3) is 5.97 Å². The van der Waals surface area contributed by atoms with Crippen LogP contribution in [0.4, 0.5) is 5.69 Å². The molecule has 0 fully saturated rings. The van der Waals surface area contributed by atoms with E-state index in [0.29, 0.717) is 0 Å². The molecule has 1 heterocycles. The first-order valence-corrected chi connectivity index (χ1v) is 6.73. The lowest BCUT2D eigenvalue weighted by molar-refractivity contribution is -0.134. The molecule has 0 saturated carbocycles. The van der Waals surface area contributed by atoms with Crippen LogP contribution in [-0.2, 0) is 4.79 Å². The van der Waals surface area contributed by atoms with Crippen LogP contribution in [0.25, 0.3) is 16.9 Å². The van der Waals surface area contributed by atoms with E-state index in [4.69, 9.17) is 15.6 Å². The van der Waals surface area contributed by atoms with Crippen LogP contribution < -0.4 is 5.73 Å². The van der Waals surface area contributed by atoms with Crippen molar-refractivity contribution in [2.75, 3.05) is 5.73 Å². The lowest BCUT2D eigenvalue weighted by atomic mass is 10.1. The highest BCUT2D eigenvalue weighted by Gasteiger charge is 2.03. The molecule has 1 aromatic heterocycles. The fourth-order valence-corrected chi connectivity index (χ4v) is 1.86. The third-order valence-electron chi connectivity index (χ3n) is 2.82. The number of aromatic nitrogens is 2. The molecule has 120 valence electrons. The summed E-state index contributed by atoms with van der Waals surface area (Å²) in [5.41, 5.74) is 9.51. The van der Waals surface area contributed by atoms with Crippen LogP contribution in [0, 0.1) is 0 Å². The van der Waals surface area contributed by atoms with Crippen molar-refractivity contribution < 1.29 is 15.4 Å². The molecule has 0 aliphatic heterocycles. The maximum atomic E-state index is 9.00. The Morgan fingerprint density at radius 1 is 1.04 bits per heavy atom. The number of aliphatic carboxylic acids is 1. The maximum Gasteiger partial charge on any atom is 0.300 e. The van der Waals surface area contributed by atoms with Crippen molar-refractivity contribution in [1.82, 2.24) is 9.78 Å². The fourth-order valence-electron chi connectivity index (χ4n) is 1.86. The van der Waals surface area contributed by atoms with Gasteiger partial charge in [-0.2, -0.15) is 5.10 Å². The highest BCUT2D eigenvalue weighted by Crippen LogP contribution is 2.19. The molecule has 0 spiro atoms. The zero-order valence-corrected chi connectivity index (χ0v) is 12.7. The summed E-state index contributed by atoms with van der Waals surface area (Å²) in [6.45, 7) is 1.08. The molecule has 0 unspecified atom stereocenters. The summed E-state index contributed by atoms with van der Waals surface area (Å²) >= 11 is 0. The predicted molar refractivity (Wildman–Crippen MR) is 90.3 cm³/mol. The lowest BCUT2D eigenvalue weighted by Gasteiger charge is -2.00. The molecule has 3 aromatic rings. The molecule has 0 saturated heterocycles. The first kappa shape index (κ1) is 17.9. The number of rotatable bonds is 2. The number of benzene rings is 2. The molecule has 23 heavy (non-hydrogen) atoms. The number of hydrogen-bond donors (Lipinski definition) is 2. The molecular formula is C17H19N3O3. The van der Waals surface area contributed by atoms with Gasteiger partial charge in [0.1, 0.15) is 0 Å². The van der Waals surface area contributed by atoms with E-state index in [9.17, 15) is 0 Å². The molecule has 2 aromatic carbocycles. The minimum atomic E-state index is -0.833. The summed E-state index contributed by atoms with van der Waals surface area (Å²) in [5, 5.41) is 12.0. The Morgan fingerprint density at radius 2 is 1.61 bits per heavy atom. The van der Waals surface area contributed by atoms with Crippen LogP contribution >= 0.6 is 0 Å². The number of carboxylic acid groups (broad SMARTS) is 1. The van der Waals surface area contributed by atoms with Gasteiger partial charge in [0, 0.05) is 24.4 Å². The monoisotopic (exact) mass is 313 g/mol. The fraction of sp³-hybridized carbons (Fsp3) is 0.0588. The number of para-hydroxylation sites is 1. The molecule has 0 atom stereocenters. The van der Waals surface area contributed by atoms with E-state index < -0.39 is 5.97 Å². The Bertz CT molecular complexity index is 733. The summed E-state index contributed by atoms with van der Waals surface area (Å²) in [4.78, 5) is 9.00. The zero-order chi connectivity index (χ0) is 15.9. The molecule has 0 aliphatic rings. The van der Waals surface area contributed by atoms with Crippen molar-refractivity contribution in [3.05, 3.63) is 66.9 Å². The second-order valence-corrected chi connectivity index (χ2v) is 4.62. The van der Waals surface area contributed by atoms with Gasteiger partial charge in [0.05, 0.1) is 11.4 Å². The first-order chi connectivity index (χ1) is 10.6. The Kier molecular flexibility index (Phi) is 6.51. The maximum absolute atomic E-state index is 9.00. The Hall–Kier alpha value is -3.12. The van der Waals surface area contributed by atoms with E-state index in [1.54, 1.807) is 0 Å². The minimum Gasteiger partial charge on any atom is -0.481 e. The van der Waals surface area contributed by atoms with Crippen LogP contribution in [0.2, 0.25) is 0 Å². The van der Waals surface area contributed by atoms with Crippen LogP contribution in [0.1, 0.15) is 6.92 Å². The van der Waals surface area contributed by atoms with E-state index in [1.807, 2.05) is 71.5 Å². The topological polar surface area (TPSA) is 113 Å². The summed E-state index contributed by atoms with van der Waals surface area (Å²) in [6.07, 6.45) is 1.96. The molecule has 5 N–H and O–H groups in total. The van der Waals surface area contributed by atoms with Gasteiger partial charge in [-0.15, -0.1) is 0 Å². The van der Waals surface area contributed by atoms with E-state index in [2.05, 4.69) is 5.10 Å². The SMILES string of the molecule is CC(=O)O.Nc1ccc(-c2ccn(-c3ccccc3)n2)cc1.O. The van der Waals surface area contributed by atoms with Gasteiger partial charge in [0.15, 0.2) is 0 Å². The number of carbonyl (C=O) groups is 1. The molecular weight excluding hydrogens is 294 g/mol. The highest BCUT2D eigenvalue weighted by molar-refractivity contribution is 5.63. The number of nitrogens with zero attached hydrogens (tertiary/aromatic N) is 2. The summed E-state index contributed by atoms with van der Waals surface area (Å²) in [5.74, 6) is -0.833. The normalized spacial score (nSPS) is 9.26. The van der Waals surface area contributed by atoms with Gasteiger partial charge in [-0.05, 0) is 30.3 Å². The van der Waals surface area contributed by atoms with Crippen LogP contribution in [0.5, 0.6) is 0 Å². The second kappa shape index (κ2) is 8.35. The van der Waals surface area contributed by atoms with Crippen molar-refractivity contribution >= 4 is 11.7 Å². The van der Waals surface area contributed by atoms with Crippen LogP contribution in [-0.4, -0.2) is 26.3 Å². The van der Waals surface area contributed by atoms with E-state index in [-0.39, 0.29) is 5.48 Å². The number of nitrogen functional groups attached to an aromatic ring is 1. The highest BCUT2D eigenvalue weighted by atomic mass is 16.4.